The van der Waals surface area contributed by atoms with E-state index in [-0.39, 0.29) is 10.6 Å². The fourth-order valence-corrected chi connectivity index (χ4v) is 3.15. The summed E-state index contributed by atoms with van der Waals surface area (Å²) in [6, 6.07) is 16.6. The average Bonchev–Trinajstić information content (AvgIpc) is 3.18. The van der Waals surface area contributed by atoms with Gasteiger partial charge in [-0.15, -0.1) is 0 Å². The van der Waals surface area contributed by atoms with E-state index in [1.54, 1.807) is 18.2 Å². The van der Waals surface area contributed by atoms with Gasteiger partial charge in [-0.05, 0) is 43.3 Å². The molecule has 0 saturated carbocycles. The van der Waals surface area contributed by atoms with Crippen LogP contribution in [0.3, 0.4) is 0 Å². The fraction of sp³-hybridized carbons (Fsp3) is 0.0870. The molecule has 3 aromatic carbocycles. The van der Waals surface area contributed by atoms with Crippen molar-refractivity contribution in [2.24, 2.45) is 0 Å². The molecule has 0 aliphatic carbocycles. The van der Waals surface area contributed by atoms with Crippen LogP contribution in [0.15, 0.2) is 60.7 Å². The number of nitrogens with one attached hydrogen (secondary N) is 2. The molecule has 1 heterocycles. The lowest BCUT2D eigenvalue weighted by Crippen LogP contribution is -2.21. The Hall–Kier alpha value is -3.71. The SMILES string of the molecule is Cc1ccc(-c2nc3ccc(C(=O)OCC(=O)Nc4ccc(F)c(Cl)c4)cc3[nH]2)cc1. The monoisotopic (exact) mass is 437 g/mol. The second-order valence-corrected chi connectivity index (χ2v) is 7.34. The molecule has 8 heteroatoms. The lowest BCUT2D eigenvalue weighted by atomic mass is 10.1. The molecule has 2 N–H and O–H groups in total. The van der Waals surface area contributed by atoms with Crippen molar-refractivity contribution in [2.45, 2.75) is 6.92 Å². The zero-order valence-corrected chi connectivity index (χ0v) is 17.2. The summed E-state index contributed by atoms with van der Waals surface area (Å²) in [7, 11) is 0. The van der Waals surface area contributed by atoms with Crippen LogP contribution in [0.4, 0.5) is 10.1 Å². The minimum absolute atomic E-state index is 0.118. The minimum Gasteiger partial charge on any atom is -0.452 e. The number of benzene rings is 3. The number of esters is 1. The van der Waals surface area contributed by atoms with E-state index in [1.807, 2.05) is 31.2 Å². The molecule has 0 aliphatic heterocycles. The number of aromatic amines is 1. The highest BCUT2D eigenvalue weighted by Crippen LogP contribution is 2.22. The number of aryl methyl sites for hydroxylation is 1. The molecule has 0 radical (unpaired) electrons. The summed E-state index contributed by atoms with van der Waals surface area (Å²) in [4.78, 5) is 32.1. The summed E-state index contributed by atoms with van der Waals surface area (Å²) in [6.45, 7) is 1.51. The smallest absolute Gasteiger partial charge is 0.338 e. The maximum atomic E-state index is 13.2. The first kappa shape index (κ1) is 20.6. The van der Waals surface area contributed by atoms with Gasteiger partial charge < -0.3 is 15.0 Å². The van der Waals surface area contributed by atoms with Gasteiger partial charge in [0.1, 0.15) is 11.6 Å². The molecule has 0 saturated heterocycles. The molecule has 0 spiro atoms. The van der Waals surface area contributed by atoms with Crippen molar-refractivity contribution in [1.82, 2.24) is 9.97 Å². The average molecular weight is 438 g/mol. The van der Waals surface area contributed by atoms with Crippen LogP contribution in [-0.2, 0) is 9.53 Å². The number of fused-ring (bicyclic) bond motifs is 1. The second-order valence-electron chi connectivity index (χ2n) is 6.94. The van der Waals surface area contributed by atoms with E-state index in [4.69, 9.17) is 16.3 Å². The summed E-state index contributed by atoms with van der Waals surface area (Å²) >= 11 is 5.68. The first-order valence-corrected chi connectivity index (χ1v) is 9.76. The van der Waals surface area contributed by atoms with Gasteiger partial charge in [0.05, 0.1) is 21.6 Å². The van der Waals surface area contributed by atoms with Gasteiger partial charge in [0.15, 0.2) is 6.61 Å². The van der Waals surface area contributed by atoms with Crippen LogP contribution >= 0.6 is 11.6 Å². The van der Waals surface area contributed by atoms with Gasteiger partial charge in [-0.2, -0.15) is 0 Å². The van der Waals surface area contributed by atoms with Gasteiger partial charge in [-0.25, -0.2) is 14.2 Å². The number of ether oxygens (including phenoxy) is 1. The zero-order valence-electron chi connectivity index (χ0n) is 16.4. The third kappa shape index (κ3) is 4.73. The second kappa shape index (κ2) is 8.57. The number of rotatable bonds is 5. The summed E-state index contributed by atoms with van der Waals surface area (Å²) in [6.07, 6.45) is 0. The Bertz CT molecular complexity index is 1290. The normalized spacial score (nSPS) is 10.8. The van der Waals surface area contributed by atoms with E-state index < -0.39 is 24.3 Å². The molecule has 1 amide bonds. The lowest BCUT2D eigenvalue weighted by Gasteiger charge is -2.07. The van der Waals surface area contributed by atoms with E-state index >= 15 is 0 Å². The Morgan fingerprint density at radius 3 is 2.61 bits per heavy atom. The quantitative estimate of drug-likeness (QED) is 0.424. The Morgan fingerprint density at radius 1 is 1.10 bits per heavy atom. The Kier molecular flexibility index (Phi) is 5.68. The van der Waals surface area contributed by atoms with E-state index in [2.05, 4.69) is 15.3 Å². The molecular formula is C23H17ClFN3O3. The zero-order chi connectivity index (χ0) is 22.0. The summed E-state index contributed by atoms with van der Waals surface area (Å²) in [5.41, 5.74) is 4.05. The third-order valence-electron chi connectivity index (χ3n) is 4.58. The molecule has 0 fully saturated rings. The van der Waals surface area contributed by atoms with Gasteiger partial charge in [0, 0.05) is 11.3 Å². The number of aromatic nitrogens is 2. The first-order valence-electron chi connectivity index (χ1n) is 9.38. The standard InChI is InChI=1S/C23H17ClFN3O3/c1-13-2-4-14(5-3-13)22-27-19-9-6-15(10-20(19)28-22)23(30)31-12-21(29)26-16-7-8-18(25)17(24)11-16/h2-11H,12H2,1H3,(H,26,29)(H,27,28). The van der Waals surface area contributed by atoms with E-state index in [1.165, 1.54) is 12.1 Å². The Morgan fingerprint density at radius 2 is 1.87 bits per heavy atom. The van der Waals surface area contributed by atoms with Gasteiger partial charge in [-0.1, -0.05) is 41.4 Å². The summed E-state index contributed by atoms with van der Waals surface area (Å²) < 4.78 is 18.3. The first-order chi connectivity index (χ1) is 14.9. The van der Waals surface area contributed by atoms with Crippen molar-refractivity contribution in [3.8, 4) is 11.4 Å². The topological polar surface area (TPSA) is 84.1 Å². The van der Waals surface area contributed by atoms with Crippen molar-refractivity contribution in [3.63, 3.8) is 0 Å². The maximum Gasteiger partial charge on any atom is 0.338 e. The van der Waals surface area contributed by atoms with Crippen LogP contribution in [0.5, 0.6) is 0 Å². The maximum absolute atomic E-state index is 13.2. The number of carbonyl (C=O) groups is 2. The fourth-order valence-electron chi connectivity index (χ4n) is 2.97. The van der Waals surface area contributed by atoms with Crippen LogP contribution in [0.25, 0.3) is 22.4 Å². The molecule has 0 unspecified atom stereocenters. The van der Waals surface area contributed by atoms with Crippen molar-refractivity contribution < 1.29 is 18.7 Å². The molecule has 31 heavy (non-hydrogen) atoms. The number of nitrogens with zero attached hydrogens (tertiary/aromatic N) is 1. The third-order valence-corrected chi connectivity index (χ3v) is 4.87. The van der Waals surface area contributed by atoms with Crippen LogP contribution in [0.1, 0.15) is 15.9 Å². The highest BCUT2D eigenvalue weighted by atomic mass is 35.5. The predicted octanol–water partition coefficient (Wildman–Crippen LogP) is 5.13. The van der Waals surface area contributed by atoms with Crippen LogP contribution in [0, 0.1) is 12.7 Å². The Balaban J connectivity index is 1.42. The largest absolute Gasteiger partial charge is 0.452 e. The number of imidazole rings is 1. The molecule has 156 valence electrons. The van der Waals surface area contributed by atoms with Crippen LogP contribution in [-0.4, -0.2) is 28.5 Å². The van der Waals surface area contributed by atoms with Crippen LogP contribution in [0.2, 0.25) is 5.02 Å². The molecule has 6 nitrogen and oxygen atoms in total. The summed E-state index contributed by atoms with van der Waals surface area (Å²) in [5, 5.41) is 2.37. The number of carbonyl (C=O) groups excluding carboxylic acids is 2. The van der Waals surface area contributed by atoms with Gasteiger partial charge >= 0.3 is 5.97 Å². The number of H-pyrrole nitrogens is 1. The van der Waals surface area contributed by atoms with Gasteiger partial charge in [0.2, 0.25) is 0 Å². The van der Waals surface area contributed by atoms with E-state index in [0.717, 1.165) is 17.2 Å². The predicted molar refractivity (Wildman–Crippen MR) is 117 cm³/mol. The van der Waals surface area contributed by atoms with E-state index in [0.29, 0.717) is 22.5 Å². The lowest BCUT2D eigenvalue weighted by molar-refractivity contribution is -0.119. The number of anilines is 1. The summed E-state index contributed by atoms with van der Waals surface area (Å²) in [5.74, 6) is -1.12. The molecular weight excluding hydrogens is 421 g/mol. The van der Waals surface area contributed by atoms with Gasteiger partial charge in [0.25, 0.3) is 5.91 Å². The molecule has 0 atom stereocenters. The van der Waals surface area contributed by atoms with Crippen molar-refractivity contribution in [2.75, 3.05) is 11.9 Å². The highest BCUT2D eigenvalue weighted by molar-refractivity contribution is 6.31. The van der Waals surface area contributed by atoms with Crippen molar-refractivity contribution >= 4 is 40.2 Å². The van der Waals surface area contributed by atoms with E-state index in [9.17, 15) is 14.0 Å². The number of halogens is 2. The molecule has 0 bridgehead atoms. The van der Waals surface area contributed by atoms with Crippen molar-refractivity contribution in [1.29, 1.82) is 0 Å². The number of amides is 1. The minimum atomic E-state index is -0.652. The highest BCUT2D eigenvalue weighted by Gasteiger charge is 2.13. The number of hydrogen-bond acceptors (Lipinski definition) is 4. The molecule has 0 aliphatic rings. The molecule has 1 aromatic heterocycles. The van der Waals surface area contributed by atoms with Crippen LogP contribution < -0.4 is 5.32 Å². The Labute approximate surface area is 182 Å². The van der Waals surface area contributed by atoms with Crippen molar-refractivity contribution in [3.05, 3.63) is 82.6 Å². The van der Waals surface area contributed by atoms with Gasteiger partial charge in [-0.3, -0.25) is 4.79 Å². The molecule has 4 rings (SSSR count). The molecule has 4 aromatic rings. The number of hydrogen-bond donors (Lipinski definition) is 2.